The van der Waals surface area contributed by atoms with Gasteiger partial charge in [0.2, 0.25) is 0 Å². The lowest BCUT2D eigenvalue weighted by Gasteiger charge is -2.31. The van der Waals surface area contributed by atoms with Crippen LogP contribution < -0.4 is 5.32 Å². The van der Waals surface area contributed by atoms with Crippen LogP contribution >= 0.6 is 0 Å². The lowest BCUT2D eigenvalue weighted by atomic mass is 9.97. The minimum absolute atomic E-state index is 0.852. The molecule has 4 heteroatoms. The average Bonchev–Trinajstić information content (AvgIpc) is 2.71. The van der Waals surface area contributed by atoms with Gasteiger partial charge in [0.25, 0.3) is 0 Å². The van der Waals surface area contributed by atoms with Crippen molar-refractivity contribution in [1.29, 1.82) is 0 Å². The third-order valence-corrected chi connectivity index (χ3v) is 4.24. The Labute approximate surface area is 110 Å². The van der Waals surface area contributed by atoms with Crippen molar-refractivity contribution in [3.63, 3.8) is 0 Å². The minimum atomic E-state index is 0.852. The topological polar surface area (TPSA) is 33.1 Å². The number of hydrogen-bond acceptors (Lipinski definition) is 3. The predicted molar refractivity (Wildman–Crippen MR) is 74.5 cm³/mol. The molecule has 0 bridgehead atoms. The second kappa shape index (κ2) is 6.34. The molecular formula is C14H26N4. The highest BCUT2D eigenvalue weighted by Gasteiger charge is 2.17. The van der Waals surface area contributed by atoms with Crippen molar-refractivity contribution in [2.24, 2.45) is 13.0 Å². The van der Waals surface area contributed by atoms with E-state index in [1.54, 1.807) is 0 Å². The Kier molecular flexibility index (Phi) is 4.78. The largest absolute Gasteiger partial charge is 0.312 e. The van der Waals surface area contributed by atoms with Crippen molar-refractivity contribution in [3.8, 4) is 0 Å². The molecule has 18 heavy (non-hydrogen) atoms. The molecule has 1 aromatic rings. The number of hydrogen-bond donors (Lipinski definition) is 1. The lowest BCUT2D eigenvalue weighted by Crippen LogP contribution is -2.36. The molecule has 1 aliphatic heterocycles. The summed E-state index contributed by atoms with van der Waals surface area (Å²) in [6.45, 7) is 10.2. The molecule has 1 fully saturated rings. The van der Waals surface area contributed by atoms with E-state index in [0.29, 0.717) is 0 Å². The number of nitrogens with one attached hydrogen (secondary N) is 1. The van der Waals surface area contributed by atoms with Gasteiger partial charge in [0.15, 0.2) is 0 Å². The SMILES string of the molecule is CCN1CCC(CNCc2cnn(C)c2C)CC1. The summed E-state index contributed by atoms with van der Waals surface area (Å²) in [5.41, 5.74) is 2.59. The molecule has 0 atom stereocenters. The van der Waals surface area contributed by atoms with E-state index in [1.165, 1.54) is 43.7 Å². The van der Waals surface area contributed by atoms with Gasteiger partial charge in [-0.2, -0.15) is 5.10 Å². The van der Waals surface area contributed by atoms with Crippen molar-refractivity contribution in [3.05, 3.63) is 17.5 Å². The first kappa shape index (κ1) is 13.6. The molecule has 1 saturated heterocycles. The maximum absolute atomic E-state index is 4.27. The van der Waals surface area contributed by atoms with Crippen molar-refractivity contribution < 1.29 is 0 Å². The molecule has 1 N–H and O–H groups in total. The Balaban J connectivity index is 1.68. The molecule has 0 amide bonds. The van der Waals surface area contributed by atoms with Gasteiger partial charge in [-0.3, -0.25) is 4.68 Å². The number of aryl methyl sites for hydroxylation is 1. The molecule has 0 saturated carbocycles. The first-order valence-corrected chi connectivity index (χ1v) is 7.11. The van der Waals surface area contributed by atoms with Crippen LogP contribution in [0.15, 0.2) is 6.20 Å². The molecule has 0 spiro atoms. The molecule has 1 aliphatic rings. The normalized spacial score (nSPS) is 18.4. The third kappa shape index (κ3) is 3.33. The van der Waals surface area contributed by atoms with Gasteiger partial charge < -0.3 is 10.2 Å². The van der Waals surface area contributed by atoms with Crippen LogP contribution in [0.4, 0.5) is 0 Å². The van der Waals surface area contributed by atoms with Crippen LogP contribution in [0.2, 0.25) is 0 Å². The van der Waals surface area contributed by atoms with E-state index >= 15 is 0 Å². The van der Waals surface area contributed by atoms with Gasteiger partial charge in [0.05, 0.1) is 6.20 Å². The molecule has 4 nitrogen and oxygen atoms in total. The highest BCUT2D eigenvalue weighted by Crippen LogP contribution is 2.16. The highest BCUT2D eigenvalue weighted by atomic mass is 15.3. The van der Waals surface area contributed by atoms with Crippen LogP contribution in [0.25, 0.3) is 0 Å². The third-order valence-electron chi connectivity index (χ3n) is 4.24. The summed E-state index contributed by atoms with van der Waals surface area (Å²) in [7, 11) is 2.00. The minimum Gasteiger partial charge on any atom is -0.312 e. The summed E-state index contributed by atoms with van der Waals surface area (Å²) in [5.74, 6) is 0.852. The van der Waals surface area contributed by atoms with Gasteiger partial charge in [-0.1, -0.05) is 6.92 Å². The van der Waals surface area contributed by atoms with E-state index in [4.69, 9.17) is 0 Å². The van der Waals surface area contributed by atoms with Crippen LogP contribution in [-0.2, 0) is 13.6 Å². The average molecular weight is 250 g/mol. The maximum Gasteiger partial charge on any atom is 0.0537 e. The summed E-state index contributed by atoms with van der Waals surface area (Å²) in [4.78, 5) is 2.54. The van der Waals surface area contributed by atoms with Crippen molar-refractivity contribution in [2.45, 2.75) is 33.2 Å². The number of likely N-dealkylation sites (tertiary alicyclic amines) is 1. The zero-order valence-electron chi connectivity index (χ0n) is 11.9. The maximum atomic E-state index is 4.27. The van der Waals surface area contributed by atoms with Crippen LogP contribution in [-0.4, -0.2) is 40.9 Å². The number of piperidine rings is 1. The van der Waals surface area contributed by atoms with Gasteiger partial charge in [0, 0.05) is 24.8 Å². The molecule has 2 rings (SSSR count). The molecule has 0 aromatic carbocycles. The molecule has 102 valence electrons. The standard InChI is InChI=1S/C14H26N4/c1-4-18-7-5-13(6-8-18)9-15-10-14-11-16-17(3)12(14)2/h11,13,15H,4-10H2,1-3H3. The lowest BCUT2D eigenvalue weighted by molar-refractivity contribution is 0.190. The first-order valence-electron chi connectivity index (χ1n) is 7.11. The summed E-state index contributed by atoms with van der Waals surface area (Å²) < 4.78 is 1.94. The van der Waals surface area contributed by atoms with Crippen LogP contribution in [0, 0.1) is 12.8 Å². The molecule has 2 heterocycles. The Morgan fingerprint density at radius 1 is 1.39 bits per heavy atom. The zero-order valence-corrected chi connectivity index (χ0v) is 11.9. The summed E-state index contributed by atoms with van der Waals surface area (Å²) in [6, 6.07) is 0. The fourth-order valence-corrected chi connectivity index (χ4v) is 2.64. The van der Waals surface area contributed by atoms with E-state index in [1.807, 2.05) is 17.9 Å². The molecule has 0 aliphatic carbocycles. The van der Waals surface area contributed by atoms with Gasteiger partial charge in [-0.25, -0.2) is 0 Å². The van der Waals surface area contributed by atoms with E-state index < -0.39 is 0 Å². The van der Waals surface area contributed by atoms with Gasteiger partial charge in [0.1, 0.15) is 0 Å². The fraction of sp³-hybridized carbons (Fsp3) is 0.786. The van der Waals surface area contributed by atoms with Crippen LogP contribution in [0.1, 0.15) is 31.0 Å². The van der Waals surface area contributed by atoms with Crippen molar-refractivity contribution >= 4 is 0 Å². The zero-order chi connectivity index (χ0) is 13.0. The van der Waals surface area contributed by atoms with Crippen LogP contribution in [0.5, 0.6) is 0 Å². The predicted octanol–water partition coefficient (Wildman–Crippen LogP) is 1.55. The van der Waals surface area contributed by atoms with E-state index in [-0.39, 0.29) is 0 Å². The van der Waals surface area contributed by atoms with Gasteiger partial charge >= 0.3 is 0 Å². The molecule has 0 unspecified atom stereocenters. The number of nitrogens with zero attached hydrogens (tertiary/aromatic N) is 3. The number of aromatic nitrogens is 2. The monoisotopic (exact) mass is 250 g/mol. The highest BCUT2D eigenvalue weighted by molar-refractivity contribution is 5.15. The second-order valence-electron chi connectivity index (χ2n) is 5.39. The molecular weight excluding hydrogens is 224 g/mol. The van der Waals surface area contributed by atoms with Crippen molar-refractivity contribution in [2.75, 3.05) is 26.2 Å². The summed E-state index contributed by atoms with van der Waals surface area (Å²) in [6.07, 6.45) is 4.65. The van der Waals surface area contributed by atoms with Gasteiger partial charge in [-0.05, 0) is 51.9 Å². The van der Waals surface area contributed by atoms with Gasteiger partial charge in [-0.15, -0.1) is 0 Å². The fourth-order valence-electron chi connectivity index (χ4n) is 2.64. The van der Waals surface area contributed by atoms with Crippen LogP contribution in [0.3, 0.4) is 0 Å². The smallest absolute Gasteiger partial charge is 0.0537 e. The Hall–Kier alpha value is -0.870. The Morgan fingerprint density at radius 2 is 2.11 bits per heavy atom. The quantitative estimate of drug-likeness (QED) is 0.861. The molecule has 1 aromatic heterocycles. The van der Waals surface area contributed by atoms with Crippen molar-refractivity contribution in [1.82, 2.24) is 20.0 Å². The van der Waals surface area contributed by atoms with E-state index in [0.717, 1.165) is 19.0 Å². The number of rotatable bonds is 5. The Bertz CT molecular complexity index is 364. The summed E-state index contributed by atoms with van der Waals surface area (Å²) in [5, 5.41) is 7.86. The Morgan fingerprint density at radius 3 is 2.67 bits per heavy atom. The molecule has 0 radical (unpaired) electrons. The first-order chi connectivity index (χ1) is 8.70. The second-order valence-corrected chi connectivity index (χ2v) is 5.39. The summed E-state index contributed by atoms with van der Waals surface area (Å²) >= 11 is 0. The van der Waals surface area contributed by atoms with E-state index in [2.05, 4.69) is 29.2 Å². The van der Waals surface area contributed by atoms with E-state index in [9.17, 15) is 0 Å².